The van der Waals surface area contributed by atoms with E-state index in [0.717, 1.165) is 11.3 Å². The first-order chi connectivity index (χ1) is 12.7. The van der Waals surface area contributed by atoms with Gasteiger partial charge in [0, 0.05) is 5.69 Å². The fourth-order valence-electron chi connectivity index (χ4n) is 3.17. The molecule has 1 N–H and O–H groups in total. The number of benzene rings is 2. The van der Waals surface area contributed by atoms with Gasteiger partial charge in [0.1, 0.15) is 11.2 Å². The lowest BCUT2D eigenvalue weighted by molar-refractivity contribution is -0.146. The maximum atomic E-state index is 13.4. The molecular formula is C22H22FNO3. The number of halogens is 1. The topological polar surface area (TPSA) is 55.4 Å². The molecule has 0 fully saturated rings. The van der Waals surface area contributed by atoms with E-state index in [2.05, 4.69) is 5.32 Å². The van der Waals surface area contributed by atoms with E-state index < -0.39 is 10.8 Å². The number of fused-ring (bicyclic) bond motifs is 1. The quantitative estimate of drug-likeness (QED) is 0.637. The zero-order chi connectivity index (χ0) is 19.7. The normalized spacial score (nSPS) is 19.0. The molecule has 27 heavy (non-hydrogen) atoms. The van der Waals surface area contributed by atoms with E-state index in [4.69, 9.17) is 4.74 Å². The fraction of sp³-hybridized carbons (Fsp3) is 0.273. The third kappa shape index (κ3) is 3.50. The Morgan fingerprint density at radius 1 is 1.15 bits per heavy atom. The number of anilines is 1. The van der Waals surface area contributed by atoms with Crippen molar-refractivity contribution in [1.29, 1.82) is 0 Å². The molecule has 1 amide bonds. The smallest absolute Gasteiger partial charge is 0.316 e. The minimum Gasteiger partial charge on any atom is -0.434 e. The van der Waals surface area contributed by atoms with Crippen LogP contribution in [0.5, 0.6) is 0 Å². The molecule has 1 aliphatic rings. The summed E-state index contributed by atoms with van der Waals surface area (Å²) in [5, 5.41) is 2.90. The number of rotatable bonds is 4. The van der Waals surface area contributed by atoms with Crippen molar-refractivity contribution in [1.82, 2.24) is 0 Å². The minimum atomic E-state index is -1.01. The molecule has 0 aromatic heterocycles. The van der Waals surface area contributed by atoms with Gasteiger partial charge in [-0.15, -0.1) is 0 Å². The van der Waals surface area contributed by atoms with Gasteiger partial charge in [-0.25, -0.2) is 4.39 Å². The van der Waals surface area contributed by atoms with Crippen LogP contribution < -0.4 is 5.32 Å². The Balaban J connectivity index is 1.96. The predicted molar refractivity (Wildman–Crippen MR) is 102 cm³/mol. The summed E-state index contributed by atoms with van der Waals surface area (Å²) < 4.78 is 18.6. The van der Waals surface area contributed by atoms with Gasteiger partial charge in [0.2, 0.25) is 5.91 Å². The van der Waals surface area contributed by atoms with E-state index in [9.17, 15) is 14.0 Å². The Labute approximate surface area is 158 Å². The first kappa shape index (κ1) is 18.8. The van der Waals surface area contributed by atoms with Gasteiger partial charge < -0.3 is 10.1 Å². The van der Waals surface area contributed by atoms with Crippen molar-refractivity contribution in [2.24, 2.45) is 5.41 Å². The number of hydrogen-bond donors (Lipinski definition) is 1. The van der Waals surface area contributed by atoms with Gasteiger partial charge in [0.25, 0.3) is 0 Å². The van der Waals surface area contributed by atoms with Gasteiger partial charge in [0.05, 0.1) is 11.7 Å². The summed E-state index contributed by atoms with van der Waals surface area (Å²) in [6, 6.07) is 13.3. The average Bonchev–Trinajstić information content (AvgIpc) is 2.91. The summed E-state index contributed by atoms with van der Waals surface area (Å²) in [5.41, 5.74) is 0.601. The van der Waals surface area contributed by atoms with Crippen molar-refractivity contribution in [2.45, 2.75) is 32.6 Å². The number of nitrogens with one attached hydrogen (secondary N) is 1. The van der Waals surface area contributed by atoms with Crippen LogP contribution in [0.15, 0.2) is 60.9 Å². The summed E-state index contributed by atoms with van der Waals surface area (Å²) in [5.74, 6) is -0.914. The molecule has 2 aromatic rings. The number of ether oxygens (including phenoxy) is 1. The molecule has 0 bridgehead atoms. The van der Waals surface area contributed by atoms with Gasteiger partial charge >= 0.3 is 5.97 Å². The molecule has 0 saturated heterocycles. The molecule has 5 heteroatoms. The Morgan fingerprint density at radius 2 is 1.81 bits per heavy atom. The maximum absolute atomic E-state index is 13.4. The van der Waals surface area contributed by atoms with Crippen LogP contribution in [-0.4, -0.2) is 11.9 Å². The van der Waals surface area contributed by atoms with Gasteiger partial charge in [-0.2, -0.15) is 0 Å². The standard InChI is InChI=1S/C22H22FNO3/c1-21(2,3)20(26)27-14-6-13-22(15-9-11-16(23)12-10-15)17-7-4-5-8-18(17)24-19(22)25/h4-12,14H,13H2,1-3H3,(H,24,25)/b14-6+. The van der Waals surface area contributed by atoms with Gasteiger partial charge in [-0.05, 0) is 62.6 Å². The molecule has 0 radical (unpaired) electrons. The summed E-state index contributed by atoms with van der Waals surface area (Å²) in [6.07, 6.45) is 3.26. The molecule has 0 spiro atoms. The van der Waals surface area contributed by atoms with Gasteiger partial charge in [0.15, 0.2) is 0 Å². The van der Waals surface area contributed by atoms with Crippen molar-refractivity contribution < 1.29 is 18.7 Å². The van der Waals surface area contributed by atoms with Crippen LogP contribution in [0.4, 0.5) is 10.1 Å². The lowest BCUT2D eigenvalue weighted by atomic mass is 9.73. The predicted octanol–water partition coefficient (Wildman–Crippen LogP) is 4.56. The number of allylic oxidation sites excluding steroid dienone is 1. The van der Waals surface area contributed by atoms with E-state index >= 15 is 0 Å². The van der Waals surface area contributed by atoms with Crippen LogP contribution in [0.2, 0.25) is 0 Å². The highest BCUT2D eigenvalue weighted by Gasteiger charge is 2.47. The zero-order valence-corrected chi connectivity index (χ0v) is 15.6. The first-order valence-electron chi connectivity index (χ1n) is 8.78. The number of esters is 1. The summed E-state index contributed by atoms with van der Waals surface area (Å²) in [7, 11) is 0. The molecular weight excluding hydrogens is 345 g/mol. The number of para-hydroxylation sites is 1. The lowest BCUT2D eigenvalue weighted by Gasteiger charge is -2.27. The fourth-order valence-corrected chi connectivity index (χ4v) is 3.17. The zero-order valence-electron chi connectivity index (χ0n) is 15.6. The molecule has 1 unspecified atom stereocenters. The van der Waals surface area contributed by atoms with E-state index in [-0.39, 0.29) is 24.1 Å². The second-order valence-electron chi connectivity index (χ2n) is 7.64. The molecule has 2 aromatic carbocycles. The molecule has 0 saturated carbocycles. The van der Waals surface area contributed by atoms with Crippen LogP contribution in [0.1, 0.15) is 38.3 Å². The second-order valence-corrected chi connectivity index (χ2v) is 7.64. The Kier molecular flexibility index (Phi) is 4.87. The molecule has 0 aliphatic carbocycles. The Bertz CT molecular complexity index is 897. The molecule has 1 aliphatic heterocycles. The third-order valence-corrected chi connectivity index (χ3v) is 4.67. The van der Waals surface area contributed by atoms with Crippen molar-refractivity contribution >= 4 is 17.6 Å². The van der Waals surface area contributed by atoms with E-state index in [1.807, 2.05) is 24.3 Å². The number of carbonyl (C=O) groups excluding carboxylic acids is 2. The SMILES string of the molecule is CC(C)(C)C(=O)O/C=C/CC1(c2ccc(F)cc2)C(=O)Nc2ccccc21. The molecule has 140 valence electrons. The van der Waals surface area contributed by atoms with Gasteiger partial charge in [-0.1, -0.05) is 30.3 Å². The second kappa shape index (κ2) is 6.99. The summed E-state index contributed by atoms with van der Waals surface area (Å²) in [6.45, 7) is 5.30. The van der Waals surface area contributed by atoms with Crippen molar-refractivity contribution in [3.8, 4) is 0 Å². The van der Waals surface area contributed by atoms with Crippen LogP contribution in [0.3, 0.4) is 0 Å². The summed E-state index contributed by atoms with van der Waals surface area (Å²) in [4.78, 5) is 24.9. The molecule has 1 heterocycles. The Morgan fingerprint density at radius 3 is 2.48 bits per heavy atom. The lowest BCUT2D eigenvalue weighted by Crippen LogP contribution is -2.35. The first-order valence-corrected chi connectivity index (χ1v) is 8.78. The van der Waals surface area contributed by atoms with Crippen LogP contribution in [0, 0.1) is 11.2 Å². The van der Waals surface area contributed by atoms with Crippen LogP contribution >= 0.6 is 0 Å². The van der Waals surface area contributed by atoms with E-state index in [1.54, 1.807) is 39.0 Å². The molecule has 3 rings (SSSR count). The van der Waals surface area contributed by atoms with Crippen LogP contribution in [0.25, 0.3) is 0 Å². The molecule has 1 atom stereocenters. The summed E-state index contributed by atoms with van der Waals surface area (Å²) >= 11 is 0. The number of amides is 1. The largest absolute Gasteiger partial charge is 0.434 e. The minimum absolute atomic E-state index is 0.192. The highest BCUT2D eigenvalue weighted by Crippen LogP contribution is 2.45. The number of carbonyl (C=O) groups is 2. The van der Waals surface area contributed by atoms with Crippen molar-refractivity contribution in [2.75, 3.05) is 5.32 Å². The highest BCUT2D eigenvalue weighted by molar-refractivity contribution is 6.08. The molecule has 4 nitrogen and oxygen atoms in total. The highest BCUT2D eigenvalue weighted by atomic mass is 19.1. The average molecular weight is 367 g/mol. The maximum Gasteiger partial charge on any atom is 0.316 e. The number of hydrogen-bond acceptors (Lipinski definition) is 3. The third-order valence-electron chi connectivity index (χ3n) is 4.67. The monoisotopic (exact) mass is 367 g/mol. The van der Waals surface area contributed by atoms with Crippen molar-refractivity contribution in [3.05, 3.63) is 77.8 Å². The van der Waals surface area contributed by atoms with Crippen molar-refractivity contribution in [3.63, 3.8) is 0 Å². The van der Waals surface area contributed by atoms with E-state index in [0.29, 0.717) is 5.56 Å². The van der Waals surface area contributed by atoms with Gasteiger partial charge in [-0.3, -0.25) is 9.59 Å². The Hall–Kier alpha value is -2.95. The van der Waals surface area contributed by atoms with Crippen LogP contribution in [-0.2, 0) is 19.7 Å². The van der Waals surface area contributed by atoms with E-state index in [1.165, 1.54) is 18.4 Å².